The predicted octanol–water partition coefficient (Wildman–Crippen LogP) is 1.68. The van der Waals surface area contributed by atoms with E-state index in [0.29, 0.717) is 18.6 Å². The van der Waals surface area contributed by atoms with E-state index in [9.17, 15) is 4.79 Å². The Hall–Kier alpha value is -0.570. The smallest absolute Gasteiger partial charge is 0.234 e. The molecule has 0 saturated heterocycles. The van der Waals surface area contributed by atoms with E-state index < -0.39 is 0 Å². The summed E-state index contributed by atoms with van der Waals surface area (Å²) in [6.45, 7) is 2.70. The summed E-state index contributed by atoms with van der Waals surface area (Å²) in [6.07, 6.45) is 8.10. The molecule has 96 valence electrons. The molecule has 17 heavy (non-hydrogen) atoms. The number of amides is 1. The first kappa shape index (κ1) is 11.5. The summed E-state index contributed by atoms with van der Waals surface area (Å²) in [6, 6.07) is 0.998. The lowest BCUT2D eigenvalue weighted by molar-refractivity contribution is -0.121. The van der Waals surface area contributed by atoms with Gasteiger partial charge in [-0.25, -0.2) is 0 Å². The monoisotopic (exact) mass is 236 g/mol. The fourth-order valence-electron chi connectivity index (χ4n) is 3.84. The molecule has 3 fully saturated rings. The SMILES string of the molecule is CC(NC(=O)CNC1CC1)C1CC2CCC1C2. The van der Waals surface area contributed by atoms with Crippen LogP contribution in [0.1, 0.15) is 45.4 Å². The largest absolute Gasteiger partial charge is 0.352 e. The fraction of sp³-hybridized carbons (Fsp3) is 0.929. The molecule has 1 amide bonds. The minimum absolute atomic E-state index is 0.187. The third kappa shape index (κ3) is 2.65. The highest BCUT2D eigenvalue weighted by atomic mass is 16.2. The van der Waals surface area contributed by atoms with E-state index in [4.69, 9.17) is 0 Å². The highest BCUT2D eigenvalue weighted by molar-refractivity contribution is 5.78. The van der Waals surface area contributed by atoms with Crippen molar-refractivity contribution in [3.63, 3.8) is 0 Å². The molecule has 0 aromatic rings. The predicted molar refractivity (Wildman–Crippen MR) is 67.6 cm³/mol. The van der Waals surface area contributed by atoms with Crippen LogP contribution in [-0.2, 0) is 4.79 Å². The molecule has 0 spiro atoms. The Labute approximate surface area is 104 Å². The van der Waals surface area contributed by atoms with Crippen molar-refractivity contribution < 1.29 is 4.79 Å². The molecular formula is C14H24N2O. The Morgan fingerprint density at radius 3 is 2.65 bits per heavy atom. The van der Waals surface area contributed by atoms with Crippen molar-refractivity contribution in [1.82, 2.24) is 10.6 Å². The van der Waals surface area contributed by atoms with Gasteiger partial charge in [-0.1, -0.05) is 6.42 Å². The van der Waals surface area contributed by atoms with Crippen LogP contribution in [0.25, 0.3) is 0 Å². The first-order valence-corrected chi connectivity index (χ1v) is 7.25. The van der Waals surface area contributed by atoms with Gasteiger partial charge in [0.25, 0.3) is 0 Å². The number of fused-ring (bicyclic) bond motifs is 2. The van der Waals surface area contributed by atoms with E-state index in [2.05, 4.69) is 17.6 Å². The number of carbonyl (C=O) groups is 1. The van der Waals surface area contributed by atoms with Crippen LogP contribution in [0.5, 0.6) is 0 Å². The third-order valence-corrected chi connectivity index (χ3v) is 4.95. The summed E-state index contributed by atoms with van der Waals surface area (Å²) < 4.78 is 0. The standard InChI is InChI=1S/C14H24N2O/c1-9(13-7-10-2-3-11(13)6-10)16-14(17)8-15-12-4-5-12/h9-13,15H,2-8H2,1H3,(H,16,17). The first-order chi connectivity index (χ1) is 8.22. The molecule has 2 bridgehead atoms. The van der Waals surface area contributed by atoms with Crippen LogP contribution in [-0.4, -0.2) is 24.5 Å². The number of nitrogens with one attached hydrogen (secondary N) is 2. The quantitative estimate of drug-likeness (QED) is 0.762. The summed E-state index contributed by atoms with van der Waals surface area (Å²) in [5.41, 5.74) is 0. The van der Waals surface area contributed by atoms with Crippen LogP contribution in [0.15, 0.2) is 0 Å². The normalized spacial score (nSPS) is 37.1. The molecule has 0 aromatic heterocycles. The van der Waals surface area contributed by atoms with Crippen LogP contribution in [0.4, 0.5) is 0 Å². The lowest BCUT2D eigenvalue weighted by Gasteiger charge is -2.28. The zero-order valence-electron chi connectivity index (χ0n) is 10.7. The van der Waals surface area contributed by atoms with Gasteiger partial charge >= 0.3 is 0 Å². The van der Waals surface area contributed by atoms with E-state index in [1.807, 2.05) is 0 Å². The molecule has 0 heterocycles. The van der Waals surface area contributed by atoms with Crippen molar-refractivity contribution in [1.29, 1.82) is 0 Å². The number of rotatable bonds is 5. The number of hydrogen-bond acceptors (Lipinski definition) is 2. The zero-order chi connectivity index (χ0) is 11.8. The molecule has 0 radical (unpaired) electrons. The molecule has 3 nitrogen and oxygen atoms in total. The Morgan fingerprint density at radius 1 is 1.24 bits per heavy atom. The van der Waals surface area contributed by atoms with Gasteiger partial charge in [0.2, 0.25) is 5.91 Å². The average Bonchev–Trinajstić information content (AvgIpc) is 2.90. The number of carbonyl (C=O) groups excluding carboxylic acids is 1. The molecule has 2 N–H and O–H groups in total. The van der Waals surface area contributed by atoms with E-state index in [-0.39, 0.29) is 5.91 Å². The Morgan fingerprint density at radius 2 is 2.06 bits per heavy atom. The van der Waals surface area contributed by atoms with Gasteiger partial charge in [0.05, 0.1) is 6.54 Å². The van der Waals surface area contributed by atoms with Crippen molar-refractivity contribution in [2.75, 3.05) is 6.54 Å². The van der Waals surface area contributed by atoms with Crippen molar-refractivity contribution in [2.45, 2.75) is 57.5 Å². The fourth-order valence-corrected chi connectivity index (χ4v) is 3.84. The van der Waals surface area contributed by atoms with E-state index >= 15 is 0 Å². The van der Waals surface area contributed by atoms with Gasteiger partial charge in [-0.05, 0) is 56.8 Å². The van der Waals surface area contributed by atoms with E-state index in [1.54, 1.807) is 0 Å². The van der Waals surface area contributed by atoms with Crippen molar-refractivity contribution >= 4 is 5.91 Å². The van der Waals surface area contributed by atoms with Crippen molar-refractivity contribution in [2.24, 2.45) is 17.8 Å². The number of hydrogen-bond donors (Lipinski definition) is 2. The summed E-state index contributed by atoms with van der Waals surface area (Å²) in [5, 5.41) is 6.46. The molecule has 3 aliphatic rings. The molecule has 0 aliphatic heterocycles. The Kier molecular flexibility index (Phi) is 3.12. The summed E-state index contributed by atoms with van der Waals surface area (Å²) in [5.74, 6) is 2.80. The maximum Gasteiger partial charge on any atom is 0.234 e. The third-order valence-electron chi connectivity index (χ3n) is 4.95. The second kappa shape index (κ2) is 4.60. The van der Waals surface area contributed by atoms with Crippen LogP contribution >= 0.6 is 0 Å². The van der Waals surface area contributed by atoms with Crippen LogP contribution in [0, 0.1) is 17.8 Å². The van der Waals surface area contributed by atoms with Crippen molar-refractivity contribution in [3.05, 3.63) is 0 Å². The van der Waals surface area contributed by atoms with Crippen LogP contribution < -0.4 is 10.6 Å². The first-order valence-electron chi connectivity index (χ1n) is 7.25. The lowest BCUT2D eigenvalue weighted by atomic mass is 9.84. The molecule has 0 aromatic carbocycles. The van der Waals surface area contributed by atoms with Gasteiger partial charge < -0.3 is 10.6 Å². The van der Waals surface area contributed by atoms with E-state index in [1.165, 1.54) is 38.5 Å². The van der Waals surface area contributed by atoms with Gasteiger partial charge in [0.15, 0.2) is 0 Å². The Balaban J connectivity index is 1.42. The molecule has 4 atom stereocenters. The molecule has 3 saturated carbocycles. The van der Waals surface area contributed by atoms with Gasteiger partial charge in [0.1, 0.15) is 0 Å². The summed E-state index contributed by atoms with van der Waals surface area (Å²) >= 11 is 0. The summed E-state index contributed by atoms with van der Waals surface area (Å²) in [7, 11) is 0. The lowest BCUT2D eigenvalue weighted by Crippen LogP contribution is -2.44. The van der Waals surface area contributed by atoms with Gasteiger partial charge in [-0.2, -0.15) is 0 Å². The maximum atomic E-state index is 11.8. The highest BCUT2D eigenvalue weighted by Gasteiger charge is 2.42. The van der Waals surface area contributed by atoms with E-state index in [0.717, 1.165) is 17.8 Å². The second-order valence-corrected chi connectivity index (χ2v) is 6.35. The Bertz CT molecular complexity index is 301. The molecule has 3 heteroatoms. The van der Waals surface area contributed by atoms with Crippen LogP contribution in [0.2, 0.25) is 0 Å². The molecule has 3 aliphatic carbocycles. The maximum absolute atomic E-state index is 11.8. The minimum Gasteiger partial charge on any atom is -0.352 e. The van der Waals surface area contributed by atoms with Crippen LogP contribution in [0.3, 0.4) is 0 Å². The highest BCUT2D eigenvalue weighted by Crippen LogP contribution is 2.49. The average molecular weight is 236 g/mol. The summed E-state index contributed by atoms with van der Waals surface area (Å²) in [4.78, 5) is 11.8. The second-order valence-electron chi connectivity index (χ2n) is 6.35. The minimum atomic E-state index is 0.187. The van der Waals surface area contributed by atoms with Gasteiger partial charge in [0, 0.05) is 12.1 Å². The molecule has 3 rings (SSSR count). The zero-order valence-corrected chi connectivity index (χ0v) is 10.7. The van der Waals surface area contributed by atoms with Gasteiger partial charge in [-0.15, -0.1) is 0 Å². The van der Waals surface area contributed by atoms with Crippen molar-refractivity contribution in [3.8, 4) is 0 Å². The molecule has 4 unspecified atom stereocenters. The van der Waals surface area contributed by atoms with Gasteiger partial charge in [-0.3, -0.25) is 4.79 Å². The molecular weight excluding hydrogens is 212 g/mol. The topological polar surface area (TPSA) is 41.1 Å².